The van der Waals surface area contributed by atoms with Crippen LogP contribution in [0.15, 0.2) is 58.0 Å². The van der Waals surface area contributed by atoms with Crippen LogP contribution in [0.25, 0.3) is 0 Å². The first-order valence-corrected chi connectivity index (χ1v) is 9.30. The van der Waals surface area contributed by atoms with Crippen molar-refractivity contribution in [2.45, 2.75) is 13.1 Å². The Hall–Kier alpha value is -4.68. The number of carbonyl (C=O) groups excluding carboxylic acids is 2. The Bertz CT molecular complexity index is 1270. The summed E-state index contributed by atoms with van der Waals surface area (Å²) >= 11 is 0. The third-order valence-electron chi connectivity index (χ3n) is 4.33. The van der Waals surface area contributed by atoms with E-state index in [0.29, 0.717) is 11.5 Å². The van der Waals surface area contributed by atoms with E-state index in [1.165, 1.54) is 34.1 Å². The molecule has 0 aliphatic carbocycles. The van der Waals surface area contributed by atoms with Gasteiger partial charge in [-0.2, -0.15) is 10.2 Å². The van der Waals surface area contributed by atoms with Crippen LogP contribution in [0.1, 0.15) is 32.6 Å². The highest BCUT2D eigenvalue weighted by Crippen LogP contribution is 2.17. The molecule has 0 spiro atoms. The van der Waals surface area contributed by atoms with Crippen LogP contribution in [-0.2, 0) is 20.1 Å². The van der Waals surface area contributed by atoms with Crippen molar-refractivity contribution >= 4 is 23.2 Å². The summed E-state index contributed by atoms with van der Waals surface area (Å²) in [4.78, 5) is 35.3. The van der Waals surface area contributed by atoms with Crippen molar-refractivity contribution in [2.75, 3.05) is 5.32 Å². The Morgan fingerprint density at radius 2 is 2.03 bits per heavy atom. The van der Waals surface area contributed by atoms with Gasteiger partial charge in [0.15, 0.2) is 11.5 Å². The highest BCUT2D eigenvalue weighted by Gasteiger charge is 2.20. The van der Waals surface area contributed by atoms with Gasteiger partial charge in [0.25, 0.3) is 11.8 Å². The number of amides is 2. The zero-order valence-electron chi connectivity index (χ0n) is 16.7. The number of nitro groups is 1. The lowest BCUT2D eigenvalue weighted by atomic mass is 10.3. The molecule has 2 N–H and O–H groups in total. The summed E-state index contributed by atoms with van der Waals surface area (Å²) in [5.41, 5.74) is 0.0853. The second-order valence-corrected chi connectivity index (χ2v) is 6.70. The number of furan rings is 2. The van der Waals surface area contributed by atoms with E-state index in [9.17, 15) is 19.7 Å². The molecule has 0 bridgehead atoms. The highest BCUT2D eigenvalue weighted by atomic mass is 16.6. The molecule has 0 fully saturated rings. The number of rotatable bonds is 8. The number of aryl methyl sites for hydroxylation is 1. The molecular formula is C19H17N7O6. The lowest BCUT2D eigenvalue weighted by molar-refractivity contribution is -0.385. The van der Waals surface area contributed by atoms with E-state index in [0.717, 1.165) is 6.20 Å². The van der Waals surface area contributed by atoms with Crippen LogP contribution in [0, 0.1) is 10.1 Å². The van der Waals surface area contributed by atoms with E-state index in [1.54, 1.807) is 25.2 Å². The maximum absolute atomic E-state index is 12.6. The van der Waals surface area contributed by atoms with Gasteiger partial charge in [-0.25, -0.2) is 0 Å². The van der Waals surface area contributed by atoms with Crippen molar-refractivity contribution in [2.24, 2.45) is 7.05 Å². The summed E-state index contributed by atoms with van der Waals surface area (Å²) in [5.74, 6) is -0.137. The first-order valence-electron chi connectivity index (χ1n) is 9.30. The number of hydrogen-bond acceptors (Lipinski definition) is 8. The molecule has 2 amide bonds. The Morgan fingerprint density at radius 3 is 2.75 bits per heavy atom. The number of nitrogens with zero attached hydrogens (tertiary/aromatic N) is 5. The zero-order chi connectivity index (χ0) is 22.7. The summed E-state index contributed by atoms with van der Waals surface area (Å²) in [6.45, 7) is 0.275. The van der Waals surface area contributed by atoms with Crippen molar-refractivity contribution < 1.29 is 23.3 Å². The largest absolute Gasteiger partial charge is 0.467 e. The van der Waals surface area contributed by atoms with Gasteiger partial charge < -0.3 is 19.5 Å². The normalized spacial score (nSPS) is 10.8. The minimum absolute atomic E-state index is 0.00699. The topological polar surface area (TPSA) is 163 Å². The third-order valence-corrected chi connectivity index (χ3v) is 4.33. The molecule has 0 atom stereocenters. The van der Waals surface area contributed by atoms with Crippen molar-refractivity contribution in [1.82, 2.24) is 24.9 Å². The van der Waals surface area contributed by atoms with Crippen molar-refractivity contribution in [3.8, 4) is 0 Å². The van der Waals surface area contributed by atoms with E-state index >= 15 is 0 Å². The molecular weight excluding hydrogens is 422 g/mol. The van der Waals surface area contributed by atoms with Crippen LogP contribution in [0.2, 0.25) is 0 Å². The summed E-state index contributed by atoms with van der Waals surface area (Å²) in [6.07, 6.45) is 5.37. The lowest BCUT2D eigenvalue weighted by Crippen LogP contribution is -2.25. The Labute approximate surface area is 179 Å². The van der Waals surface area contributed by atoms with Gasteiger partial charge in [-0.15, -0.1) is 0 Å². The molecule has 4 rings (SSSR count). The van der Waals surface area contributed by atoms with Crippen molar-refractivity contribution in [3.63, 3.8) is 0 Å². The Morgan fingerprint density at radius 1 is 1.19 bits per heavy atom. The molecule has 0 saturated heterocycles. The molecule has 32 heavy (non-hydrogen) atoms. The van der Waals surface area contributed by atoms with Crippen molar-refractivity contribution in [3.05, 3.63) is 82.2 Å². The van der Waals surface area contributed by atoms with Crippen LogP contribution in [-0.4, -0.2) is 36.3 Å². The summed E-state index contributed by atoms with van der Waals surface area (Å²) in [5, 5.41) is 24.0. The molecule has 0 aliphatic rings. The molecule has 0 unspecified atom stereocenters. The number of hydrogen-bond donors (Lipinski definition) is 2. The smallest absolute Gasteiger partial charge is 0.307 e. The van der Waals surface area contributed by atoms with Crippen molar-refractivity contribution in [1.29, 1.82) is 0 Å². The molecule has 0 aliphatic heterocycles. The Kier molecular flexibility index (Phi) is 5.53. The van der Waals surface area contributed by atoms with Gasteiger partial charge in [-0.3, -0.25) is 29.1 Å². The van der Waals surface area contributed by atoms with Crippen LogP contribution >= 0.6 is 0 Å². The first-order chi connectivity index (χ1) is 15.4. The predicted octanol–water partition coefficient (Wildman–Crippen LogP) is 1.94. The van der Waals surface area contributed by atoms with E-state index in [1.807, 2.05) is 0 Å². The zero-order valence-corrected chi connectivity index (χ0v) is 16.7. The molecule has 0 radical (unpaired) electrons. The van der Waals surface area contributed by atoms with Crippen LogP contribution in [0.3, 0.4) is 0 Å². The SMILES string of the molecule is Cn1cc(NC(=O)c2ccc(Cn3cc([N+](=O)[O-])cn3)o2)c(C(=O)NCc2ccco2)n1. The minimum Gasteiger partial charge on any atom is -0.467 e. The maximum atomic E-state index is 12.6. The predicted molar refractivity (Wildman–Crippen MR) is 108 cm³/mol. The number of carbonyl (C=O) groups is 2. The van der Waals surface area contributed by atoms with Gasteiger partial charge in [0, 0.05) is 13.2 Å². The van der Waals surface area contributed by atoms with Crippen LogP contribution in [0.5, 0.6) is 0 Å². The molecule has 4 heterocycles. The fourth-order valence-corrected chi connectivity index (χ4v) is 2.87. The van der Waals surface area contributed by atoms with Gasteiger partial charge >= 0.3 is 5.69 Å². The van der Waals surface area contributed by atoms with Gasteiger partial charge in [0.1, 0.15) is 23.9 Å². The second kappa shape index (κ2) is 8.59. The molecule has 164 valence electrons. The molecule has 4 aromatic heterocycles. The van der Waals surface area contributed by atoms with Gasteiger partial charge in [-0.1, -0.05) is 0 Å². The number of nitrogens with one attached hydrogen (secondary N) is 2. The number of aromatic nitrogens is 4. The third kappa shape index (κ3) is 4.56. The van der Waals surface area contributed by atoms with Gasteiger partial charge in [0.2, 0.25) is 0 Å². The minimum atomic E-state index is -0.587. The van der Waals surface area contributed by atoms with E-state index in [4.69, 9.17) is 8.83 Å². The monoisotopic (exact) mass is 439 g/mol. The average Bonchev–Trinajstić information content (AvgIpc) is 3.54. The molecule has 13 heteroatoms. The number of anilines is 1. The van der Waals surface area contributed by atoms with E-state index < -0.39 is 16.7 Å². The fourth-order valence-electron chi connectivity index (χ4n) is 2.87. The standard InChI is InChI=1S/C19H17N7O6/c1-24-11-15(17(23-24)19(28)20-8-13-3-2-6-31-13)22-18(27)16-5-4-14(32-16)10-25-9-12(7-21-25)26(29)30/h2-7,9,11H,8,10H2,1H3,(H,20,28)(H,22,27). The van der Waals surface area contributed by atoms with E-state index in [2.05, 4.69) is 20.8 Å². The first kappa shape index (κ1) is 20.6. The molecule has 0 saturated carbocycles. The van der Waals surface area contributed by atoms with Gasteiger partial charge in [0.05, 0.1) is 30.0 Å². The maximum Gasteiger partial charge on any atom is 0.307 e. The Balaban J connectivity index is 1.41. The molecule has 13 nitrogen and oxygen atoms in total. The average molecular weight is 439 g/mol. The molecule has 4 aromatic rings. The fraction of sp³-hybridized carbons (Fsp3) is 0.158. The summed E-state index contributed by atoms with van der Waals surface area (Å²) < 4.78 is 13.4. The lowest BCUT2D eigenvalue weighted by Gasteiger charge is -2.04. The summed E-state index contributed by atoms with van der Waals surface area (Å²) in [6, 6.07) is 6.44. The molecule has 0 aromatic carbocycles. The van der Waals surface area contributed by atoms with E-state index in [-0.39, 0.29) is 35.9 Å². The van der Waals surface area contributed by atoms with Crippen LogP contribution < -0.4 is 10.6 Å². The summed E-state index contributed by atoms with van der Waals surface area (Å²) in [7, 11) is 1.62. The highest BCUT2D eigenvalue weighted by molar-refractivity contribution is 6.07. The second-order valence-electron chi connectivity index (χ2n) is 6.70. The van der Waals surface area contributed by atoms with Crippen LogP contribution in [0.4, 0.5) is 11.4 Å². The quantitative estimate of drug-likeness (QED) is 0.311. The van der Waals surface area contributed by atoms with Gasteiger partial charge in [-0.05, 0) is 24.3 Å².